The fourth-order valence-corrected chi connectivity index (χ4v) is 6.42. The molecule has 6 nitrogen and oxygen atoms in total. The van der Waals surface area contributed by atoms with Gasteiger partial charge in [0.05, 0.1) is 28.6 Å². The van der Waals surface area contributed by atoms with Crippen molar-refractivity contribution in [2.75, 3.05) is 11.1 Å². The van der Waals surface area contributed by atoms with E-state index in [2.05, 4.69) is 63.2 Å². The van der Waals surface area contributed by atoms with Crippen molar-refractivity contribution in [1.29, 1.82) is 0 Å². The molecule has 31 heavy (non-hydrogen) atoms. The highest BCUT2D eigenvalue weighted by Gasteiger charge is 2.36. The Morgan fingerprint density at radius 2 is 1.97 bits per heavy atom. The zero-order chi connectivity index (χ0) is 21.5. The summed E-state index contributed by atoms with van der Waals surface area (Å²) in [6.07, 6.45) is 7.94. The Hall–Kier alpha value is -2.03. The van der Waals surface area contributed by atoms with Gasteiger partial charge in [0.15, 0.2) is 5.65 Å². The fraction of sp³-hybridized carbons (Fsp3) is 0.435. The van der Waals surface area contributed by atoms with Gasteiger partial charge in [0, 0.05) is 33.8 Å². The second-order valence-electron chi connectivity index (χ2n) is 8.88. The third-order valence-corrected chi connectivity index (χ3v) is 8.87. The summed E-state index contributed by atoms with van der Waals surface area (Å²) in [7, 11) is -0.890. The van der Waals surface area contributed by atoms with Gasteiger partial charge >= 0.3 is 0 Å². The zero-order valence-electron chi connectivity index (χ0n) is 17.9. The number of benzene rings is 1. The summed E-state index contributed by atoms with van der Waals surface area (Å²) in [5.74, 6) is 0.473. The number of aromatic nitrogens is 2. The van der Waals surface area contributed by atoms with Crippen LogP contribution < -0.4 is 15.8 Å². The monoisotopic (exact) mass is 455 g/mol. The van der Waals surface area contributed by atoms with E-state index in [1.165, 1.54) is 10.5 Å². The minimum atomic E-state index is -0.890. The van der Waals surface area contributed by atoms with Gasteiger partial charge in [0.2, 0.25) is 0 Å². The first-order valence-corrected chi connectivity index (χ1v) is 12.9. The Kier molecular flexibility index (Phi) is 5.71. The molecule has 0 aliphatic heterocycles. The molecule has 0 spiro atoms. The van der Waals surface area contributed by atoms with Crippen molar-refractivity contribution in [3.8, 4) is 0 Å². The van der Waals surface area contributed by atoms with Gasteiger partial charge in [-0.15, -0.1) is 0 Å². The van der Waals surface area contributed by atoms with Gasteiger partial charge in [0.25, 0.3) is 0 Å². The summed E-state index contributed by atoms with van der Waals surface area (Å²) in [5.41, 5.74) is 10.1. The molecule has 1 aromatic carbocycles. The van der Waals surface area contributed by atoms with E-state index >= 15 is 0 Å². The van der Waals surface area contributed by atoms with Crippen molar-refractivity contribution in [2.45, 2.75) is 61.8 Å². The predicted molar refractivity (Wildman–Crippen MR) is 130 cm³/mol. The van der Waals surface area contributed by atoms with Gasteiger partial charge in [-0.2, -0.15) is 0 Å². The maximum Gasteiger partial charge on any atom is 0.152 e. The summed E-state index contributed by atoms with van der Waals surface area (Å²) in [4.78, 5) is 5.78. The second-order valence-corrected chi connectivity index (χ2v) is 11.4. The molecular formula is C23H29N5OS2. The van der Waals surface area contributed by atoms with Crippen LogP contribution >= 0.6 is 11.9 Å². The van der Waals surface area contributed by atoms with Crippen molar-refractivity contribution in [1.82, 2.24) is 13.7 Å². The lowest BCUT2D eigenvalue weighted by Gasteiger charge is -2.20. The normalized spacial score (nSPS) is 24.5. The van der Waals surface area contributed by atoms with Crippen LogP contribution in [0.4, 0.5) is 11.4 Å². The molecule has 4 atom stereocenters. The van der Waals surface area contributed by atoms with Gasteiger partial charge < -0.3 is 11.1 Å². The Balaban J connectivity index is 1.34. The Morgan fingerprint density at radius 3 is 2.71 bits per heavy atom. The van der Waals surface area contributed by atoms with Crippen LogP contribution in [-0.2, 0) is 11.0 Å². The van der Waals surface area contributed by atoms with E-state index < -0.39 is 11.0 Å². The summed E-state index contributed by atoms with van der Waals surface area (Å²) in [6, 6.07) is 11.1. The lowest BCUT2D eigenvalue weighted by Crippen LogP contribution is -2.31. The van der Waals surface area contributed by atoms with Gasteiger partial charge in [0.1, 0.15) is 0 Å². The van der Waals surface area contributed by atoms with Gasteiger partial charge in [-0.3, -0.25) is 3.97 Å². The maximum atomic E-state index is 12.3. The average molecular weight is 456 g/mol. The van der Waals surface area contributed by atoms with Crippen molar-refractivity contribution < 1.29 is 4.21 Å². The minimum Gasteiger partial charge on any atom is -0.396 e. The Morgan fingerprint density at radius 1 is 1.19 bits per heavy atom. The third-order valence-electron chi connectivity index (χ3n) is 6.26. The second kappa shape index (κ2) is 8.48. The van der Waals surface area contributed by atoms with E-state index in [0.717, 1.165) is 42.4 Å². The molecule has 2 saturated carbocycles. The number of nitrogens with one attached hydrogen (secondary N) is 2. The number of nitrogens with zero attached hydrogens (tertiary/aromatic N) is 2. The first kappa shape index (κ1) is 20.8. The highest BCUT2D eigenvalue weighted by Crippen LogP contribution is 2.36. The van der Waals surface area contributed by atoms with Crippen LogP contribution in [0.5, 0.6) is 0 Å². The number of anilines is 2. The Labute approximate surface area is 190 Å². The topological polar surface area (TPSA) is 85.0 Å². The van der Waals surface area contributed by atoms with Crippen molar-refractivity contribution in [3.05, 3.63) is 48.3 Å². The van der Waals surface area contributed by atoms with Crippen molar-refractivity contribution in [2.24, 2.45) is 5.92 Å². The summed E-state index contributed by atoms with van der Waals surface area (Å²) < 4.78 is 17.7. The predicted octanol–water partition coefficient (Wildman–Crippen LogP) is 4.48. The molecule has 2 aliphatic rings. The van der Waals surface area contributed by atoms with E-state index in [4.69, 9.17) is 5.73 Å². The summed E-state index contributed by atoms with van der Waals surface area (Å²) in [5, 5.41) is 5.10. The van der Waals surface area contributed by atoms with Crippen LogP contribution in [0.1, 0.15) is 38.2 Å². The van der Waals surface area contributed by atoms with E-state index in [0.29, 0.717) is 16.9 Å². The molecule has 8 heteroatoms. The van der Waals surface area contributed by atoms with Crippen LogP contribution in [0, 0.1) is 12.8 Å². The molecule has 4 N–H and O–H groups in total. The number of hydrogen-bond acceptors (Lipinski definition) is 5. The zero-order valence-corrected chi connectivity index (χ0v) is 19.5. The molecule has 5 rings (SSSR count). The fourth-order valence-electron chi connectivity index (χ4n) is 4.30. The number of aryl methyl sites for hydroxylation is 1. The molecule has 0 amide bonds. The van der Waals surface area contributed by atoms with Crippen LogP contribution in [-0.4, -0.2) is 30.5 Å². The van der Waals surface area contributed by atoms with Crippen LogP contribution in [0.25, 0.3) is 11.0 Å². The number of pyridine rings is 1. The van der Waals surface area contributed by atoms with E-state index in [1.807, 2.05) is 6.20 Å². The highest BCUT2D eigenvalue weighted by molar-refractivity contribution is 7.98. The molecule has 2 heterocycles. The lowest BCUT2D eigenvalue weighted by atomic mass is 10.1. The molecule has 3 aromatic rings. The summed E-state index contributed by atoms with van der Waals surface area (Å²) in [6.45, 7) is 4.35. The third kappa shape index (κ3) is 4.47. The molecule has 0 radical (unpaired) electrons. The molecule has 2 fully saturated rings. The lowest BCUT2D eigenvalue weighted by molar-refractivity contribution is 0.547. The molecule has 0 bridgehead atoms. The van der Waals surface area contributed by atoms with E-state index in [1.54, 1.807) is 18.1 Å². The number of fused-ring (bicyclic) bond motifs is 1. The SMILES string of the molecule is Cc1ccc(Sn2ccc3c(NC4CC(NS(=O)C5CC5)CC4C)c(N)cnc32)cc1. The number of nitrogens with two attached hydrogens (primary N) is 1. The average Bonchev–Trinajstić information content (AvgIpc) is 3.44. The molecule has 2 aliphatic carbocycles. The maximum absolute atomic E-state index is 12.3. The molecule has 0 saturated heterocycles. The van der Waals surface area contributed by atoms with E-state index in [-0.39, 0.29) is 12.1 Å². The van der Waals surface area contributed by atoms with E-state index in [9.17, 15) is 4.21 Å². The van der Waals surface area contributed by atoms with Gasteiger partial charge in [-0.1, -0.05) is 24.6 Å². The molecule has 2 aromatic heterocycles. The standard InChI is InChI=1S/C23H29N5OS2/c1-14-3-5-17(6-4-14)30-28-10-9-19-22(20(24)13-25-23(19)28)26-21-12-16(11-15(21)2)27-31(29)18-7-8-18/h3-6,9-10,13,15-16,18,21,27H,7-8,11-12,24H2,1-2H3,(H,25,26). The largest absolute Gasteiger partial charge is 0.396 e. The van der Waals surface area contributed by atoms with Crippen LogP contribution in [0.15, 0.2) is 47.6 Å². The van der Waals surface area contributed by atoms with Crippen LogP contribution in [0.2, 0.25) is 0 Å². The number of nitrogen functional groups attached to an aromatic ring is 1. The first-order chi connectivity index (χ1) is 15.0. The number of hydrogen-bond donors (Lipinski definition) is 3. The smallest absolute Gasteiger partial charge is 0.152 e. The number of rotatable bonds is 7. The molecule has 4 unspecified atom stereocenters. The Bertz CT molecular complexity index is 1110. The van der Waals surface area contributed by atoms with Crippen molar-refractivity contribution >= 4 is 45.3 Å². The van der Waals surface area contributed by atoms with Gasteiger partial charge in [-0.25, -0.2) is 13.9 Å². The highest BCUT2D eigenvalue weighted by atomic mass is 32.2. The summed E-state index contributed by atoms with van der Waals surface area (Å²) >= 11 is 1.65. The quantitative estimate of drug-likeness (QED) is 0.489. The molecular weight excluding hydrogens is 426 g/mol. The first-order valence-electron chi connectivity index (χ1n) is 10.9. The van der Waals surface area contributed by atoms with Crippen LogP contribution in [0.3, 0.4) is 0 Å². The van der Waals surface area contributed by atoms with Gasteiger partial charge in [-0.05, 0) is 68.7 Å². The minimum absolute atomic E-state index is 0.286. The molecule has 164 valence electrons. The van der Waals surface area contributed by atoms with Crippen molar-refractivity contribution in [3.63, 3.8) is 0 Å².